The molecule has 3 aromatic carbocycles. The number of anilines is 2. The lowest BCUT2D eigenvalue weighted by atomic mass is 10.2. The zero-order valence-corrected chi connectivity index (χ0v) is 19.9. The average molecular weight is 475 g/mol. The molecule has 0 saturated heterocycles. The van der Waals surface area contributed by atoms with Crippen LogP contribution in [0.15, 0.2) is 75.4 Å². The van der Waals surface area contributed by atoms with E-state index in [1.165, 1.54) is 54.5 Å². The molecule has 0 saturated carbocycles. The van der Waals surface area contributed by atoms with E-state index in [0.717, 1.165) is 5.56 Å². The second-order valence-corrected chi connectivity index (χ2v) is 10.4. The maximum absolute atomic E-state index is 10.4. The van der Waals surface area contributed by atoms with Crippen LogP contribution in [-0.2, 0) is 10.1 Å². The SMILES string of the molecule is C.C[NH+](C)c1ccc2c(c1)Sc1cc([NH+](C)C)ccc1N2.Cc1ccc(S(=O)(=O)[O-])cc1. The van der Waals surface area contributed by atoms with Crippen molar-refractivity contribution < 1.29 is 22.8 Å². The number of hydrogen-bond acceptors (Lipinski definition) is 5. The molecule has 0 amide bonds. The van der Waals surface area contributed by atoms with Crippen molar-refractivity contribution in [1.82, 2.24) is 0 Å². The number of rotatable bonds is 3. The highest BCUT2D eigenvalue weighted by Crippen LogP contribution is 2.45. The van der Waals surface area contributed by atoms with E-state index in [1.807, 2.05) is 18.7 Å². The third-order valence-corrected chi connectivity index (χ3v) is 6.88. The Bertz CT molecular complexity index is 1120. The maximum atomic E-state index is 10.4. The molecule has 4 rings (SSSR count). The molecule has 6 nitrogen and oxygen atoms in total. The van der Waals surface area contributed by atoms with Crippen LogP contribution in [-0.4, -0.2) is 41.2 Å². The minimum Gasteiger partial charge on any atom is -0.744 e. The van der Waals surface area contributed by atoms with Gasteiger partial charge in [-0.05, 0) is 31.2 Å². The summed E-state index contributed by atoms with van der Waals surface area (Å²) in [4.78, 5) is 5.14. The van der Waals surface area contributed by atoms with Crippen molar-refractivity contribution >= 4 is 44.6 Å². The number of benzene rings is 3. The fraction of sp³-hybridized carbons (Fsp3) is 0.250. The van der Waals surface area contributed by atoms with Crippen LogP contribution in [0.3, 0.4) is 0 Å². The minimum atomic E-state index is -4.27. The predicted molar refractivity (Wildman–Crippen MR) is 131 cm³/mol. The Morgan fingerprint density at radius 1 is 0.781 bits per heavy atom. The molecule has 0 aliphatic carbocycles. The Hall–Kier alpha value is -2.36. The van der Waals surface area contributed by atoms with Gasteiger partial charge in [0.2, 0.25) is 0 Å². The fourth-order valence-electron chi connectivity index (χ4n) is 3.01. The minimum absolute atomic E-state index is 0. The van der Waals surface area contributed by atoms with Crippen LogP contribution in [0.2, 0.25) is 0 Å². The van der Waals surface area contributed by atoms with Gasteiger partial charge in [0.15, 0.2) is 0 Å². The highest BCUT2D eigenvalue weighted by Gasteiger charge is 2.19. The Kier molecular flexibility index (Phi) is 8.50. The van der Waals surface area contributed by atoms with Crippen molar-refractivity contribution in [2.24, 2.45) is 0 Å². The van der Waals surface area contributed by atoms with E-state index >= 15 is 0 Å². The van der Waals surface area contributed by atoms with E-state index in [4.69, 9.17) is 0 Å². The molecule has 8 heteroatoms. The predicted octanol–water partition coefficient (Wildman–Crippen LogP) is 2.98. The zero-order chi connectivity index (χ0) is 22.8. The van der Waals surface area contributed by atoms with E-state index in [1.54, 1.807) is 12.1 Å². The van der Waals surface area contributed by atoms with Crippen molar-refractivity contribution in [3.05, 3.63) is 66.2 Å². The van der Waals surface area contributed by atoms with Crippen molar-refractivity contribution in [2.75, 3.05) is 33.5 Å². The molecule has 1 heterocycles. The second kappa shape index (κ2) is 10.5. The van der Waals surface area contributed by atoms with Crippen molar-refractivity contribution in [3.63, 3.8) is 0 Å². The third-order valence-electron chi connectivity index (χ3n) is 4.92. The van der Waals surface area contributed by atoms with E-state index in [0.29, 0.717) is 0 Å². The third kappa shape index (κ3) is 6.34. The van der Waals surface area contributed by atoms with Gasteiger partial charge in [-0.15, -0.1) is 0 Å². The first-order chi connectivity index (χ1) is 14.5. The molecule has 172 valence electrons. The van der Waals surface area contributed by atoms with Crippen LogP contribution in [0.25, 0.3) is 0 Å². The van der Waals surface area contributed by atoms with Gasteiger partial charge in [-0.25, -0.2) is 8.42 Å². The summed E-state index contributed by atoms with van der Waals surface area (Å²) in [6.45, 7) is 1.82. The number of hydrogen-bond donors (Lipinski definition) is 3. The van der Waals surface area contributed by atoms with Gasteiger partial charge in [-0.3, -0.25) is 0 Å². The monoisotopic (exact) mass is 474 g/mol. The van der Waals surface area contributed by atoms with Gasteiger partial charge in [0.25, 0.3) is 0 Å². The van der Waals surface area contributed by atoms with Gasteiger partial charge in [-0.1, -0.05) is 36.9 Å². The first kappa shape index (κ1) is 25.9. The van der Waals surface area contributed by atoms with Gasteiger partial charge >= 0.3 is 0 Å². The summed E-state index contributed by atoms with van der Waals surface area (Å²) >= 11 is 1.86. The summed E-state index contributed by atoms with van der Waals surface area (Å²) < 4.78 is 31.2. The molecule has 0 unspecified atom stereocenters. The molecule has 0 fully saturated rings. The van der Waals surface area contributed by atoms with Gasteiger partial charge < -0.3 is 19.7 Å². The lowest BCUT2D eigenvalue weighted by Gasteiger charge is -2.22. The Labute approximate surface area is 196 Å². The Balaban J connectivity index is 0.000000259. The lowest BCUT2D eigenvalue weighted by molar-refractivity contribution is -0.786. The van der Waals surface area contributed by atoms with Gasteiger partial charge in [0.05, 0.1) is 44.5 Å². The van der Waals surface area contributed by atoms with E-state index in [-0.39, 0.29) is 12.3 Å². The van der Waals surface area contributed by atoms with Crippen molar-refractivity contribution in [3.8, 4) is 0 Å². The van der Waals surface area contributed by atoms with Crippen LogP contribution >= 0.6 is 11.8 Å². The molecule has 1 aliphatic rings. The molecule has 0 bridgehead atoms. The quantitative estimate of drug-likeness (QED) is 0.398. The Morgan fingerprint density at radius 2 is 1.22 bits per heavy atom. The Morgan fingerprint density at radius 3 is 1.59 bits per heavy atom. The summed E-state index contributed by atoms with van der Waals surface area (Å²) in [5.74, 6) is 0. The summed E-state index contributed by atoms with van der Waals surface area (Å²) in [7, 11) is 4.36. The number of nitrogens with one attached hydrogen (secondary N) is 3. The molecule has 3 aromatic rings. The fourth-order valence-corrected chi connectivity index (χ4v) is 4.55. The van der Waals surface area contributed by atoms with Crippen molar-refractivity contribution in [2.45, 2.75) is 29.0 Å². The molecule has 0 aromatic heterocycles. The average Bonchev–Trinajstić information content (AvgIpc) is 2.71. The number of fused-ring (bicyclic) bond motifs is 2. The molecule has 32 heavy (non-hydrogen) atoms. The largest absolute Gasteiger partial charge is 0.744 e. The van der Waals surface area contributed by atoms with E-state index in [9.17, 15) is 13.0 Å². The van der Waals surface area contributed by atoms with E-state index in [2.05, 4.69) is 69.9 Å². The number of aryl methyl sites for hydroxylation is 1. The molecule has 0 radical (unpaired) electrons. The number of quaternary nitrogens is 2. The molecular formula is C24H32N3O3S2+. The van der Waals surface area contributed by atoms with E-state index < -0.39 is 10.1 Å². The van der Waals surface area contributed by atoms with Crippen LogP contribution in [0.1, 0.15) is 13.0 Å². The molecule has 0 atom stereocenters. The molecular weight excluding hydrogens is 442 g/mol. The highest BCUT2D eigenvalue weighted by molar-refractivity contribution is 7.99. The first-order valence-electron chi connectivity index (χ1n) is 9.91. The summed E-state index contributed by atoms with van der Waals surface area (Å²) in [5, 5.41) is 3.53. The van der Waals surface area contributed by atoms with Crippen LogP contribution in [0, 0.1) is 6.92 Å². The first-order valence-corrected chi connectivity index (χ1v) is 12.1. The highest BCUT2D eigenvalue weighted by atomic mass is 32.2. The normalized spacial score (nSPS) is 12.1. The molecule has 0 spiro atoms. The topological polar surface area (TPSA) is 78.1 Å². The second-order valence-electron chi connectivity index (χ2n) is 7.92. The summed E-state index contributed by atoms with van der Waals surface area (Å²) in [6.07, 6.45) is 0. The maximum Gasteiger partial charge on any atom is 0.132 e. The van der Waals surface area contributed by atoms with Gasteiger partial charge in [-0.2, -0.15) is 0 Å². The van der Waals surface area contributed by atoms with Crippen LogP contribution < -0.4 is 15.1 Å². The zero-order valence-electron chi connectivity index (χ0n) is 18.3. The molecule has 3 N–H and O–H groups in total. The van der Waals surface area contributed by atoms with Crippen molar-refractivity contribution in [1.29, 1.82) is 0 Å². The van der Waals surface area contributed by atoms with Crippen LogP contribution in [0.4, 0.5) is 22.7 Å². The standard InChI is InChI=1S/C16H19N3S.C7H8O3S.CH4/c1-18(2)11-5-7-13-15(9-11)20-16-10-12(19(3)4)6-8-14(16)17-13;1-6-2-4-7(5-3-6)11(8,9)10;/h5-10,17H,1-4H3;2-5H,1H3,(H,8,9,10);1H4/p+1. The lowest BCUT2D eigenvalue weighted by Crippen LogP contribution is -3.00. The van der Waals surface area contributed by atoms with Crippen LogP contribution in [0.5, 0.6) is 0 Å². The molecule has 1 aliphatic heterocycles. The van der Waals surface area contributed by atoms with Gasteiger partial charge in [0, 0.05) is 34.1 Å². The smallest absolute Gasteiger partial charge is 0.132 e. The summed E-state index contributed by atoms with van der Waals surface area (Å²) in [6, 6.07) is 19.1. The van der Waals surface area contributed by atoms with Gasteiger partial charge in [0.1, 0.15) is 21.5 Å². The summed E-state index contributed by atoms with van der Waals surface area (Å²) in [5.41, 5.74) is 5.97.